The van der Waals surface area contributed by atoms with Gasteiger partial charge in [0, 0.05) is 4.47 Å². The Hall–Kier alpha value is -0.540. The summed E-state index contributed by atoms with van der Waals surface area (Å²) in [5, 5.41) is 0.493. The molecule has 2 nitrogen and oxygen atoms in total. The van der Waals surface area contributed by atoms with E-state index in [0.29, 0.717) is 22.8 Å². The van der Waals surface area contributed by atoms with Crippen molar-refractivity contribution in [3.63, 3.8) is 0 Å². The van der Waals surface area contributed by atoms with E-state index >= 15 is 0 Å². The average molecular weight is 276 g/mol. The number of hydrogen-bond acceptors (Lipinski definition) is 2. The Morgan fingerprint density at radius 1 is 1.57 bits per heavy atom. The lowest BCUT2D eigenvalue weighted by Gasteiger charge is -2.05. The van der Waals surface area contributed by atoms with E-state index in [1.807, 2.05) is 6.92 Å². The summed E-state index contributed by atoms with van der Waals surface area (Å²) in [6.07, 6.45) is 0.289. The van der Waals surface area contributed by atoms with Crippen molar-refractivity contribution < 1.29 is 9.53 Å². The first kappa shape index (κ1) is 9.99. The number of fused-ring (bicyclic) bond motifs is 1. The molecule has 0 saturated heterocycles. The van der Waals surface area contributed by atoms with Gasteiger partial charge in [0.2, 0.25) is 5.78 Å². The Labute approximate surface area is 95.3 Å². The lowest BCUT2D eigenvalue weighted by molar-refractivity contribution is 0.0853. The number of ketones is 1. The van der Waals surface area contributed by atoms with Gasteiger partial charge >= 0.3 is 0 Å². The number of Topliss-reactive ketones (excluding diaryl/α,β-unsaturated/α-hetero) is 1. The number of carbonyl (C=O) groups excluding carboxylic acids is 1. The molecule has 1 aromatic rings. The quantitative estimate of drug-likeness (QED) is 0.784. The van der Waals surface area contributed by atoms with E-state index in [0.717, 1.165) is 4.47 Å². The van der Waals surface area contributed by atoms with Crippen molar-refractivity contribution in [3.8, 4) is 5.75 Å². The van der Waals surface area contributed by atoms with Crippen LogP contribution in [-0.2, 0) is 0 Å². The number of hydrogen-bond donors (Lipinski definition) is 0. The van der Waals surface area contributed by atoms with Crippen molar-refractivity contribution in [2.24, 2.45) is 0 Å². The number of ether oxygens (including phenoxy) is 1. The number of halogens is 2. The van der Waals surface area contributed by atoms with Crippen molar-refractivity contribution in [2.75, 3.05) is 0 Å². The minimum atomic E-state index is -0.374. The monoisotopic (exact) mass is 274 g/mol. The summed E-state index contributed by atoms with van der Waals surface area (Å²) in [5.74, 6) is 0.523. The summed E-state index contributed by atoms with van der Waals surface area (Å²) in [5.41, 5.74) is 0.573. The van der Waals surface area contributed by atoms with E-state index in [4.69, 9.17) is 16.3 Å². The molecule has 0 saturated carbocycles. The van der Waals surface area contributed by atoms with Gasteiger partial charge < -0.3 is 4.74 Å². The molecule has 0 N–H and O–H groups in total. The van der Waals surface area contributed by atoms with Gasteiger partial charge in [-0.15, -0.1) is 0 Å². The van der Waals surface area contributed by atoms with Crippen LogP contribution in [0.3, 0.4) is 0 Å². The first-order valence-electron chi connectivity index (χ1n) is 4.34. The Bertz CT molecular complexity index is 403. The van der Waals surface area contributed by atoms with Gasteiger partial charge in [-0.05, 0) is 34.5 Å². The van der Waals surface area contributed by atoms with Crippen molar-refractivity contribution in [2.45, 2.75) is 19.4 Å². The lowest BCUT2D eigenvalue weighted by atomic mass is 10.1. The van der Waals surface area contributed by atoms with E-state index in [1.54, 1.807) is 12.1 Å². The molecule has 0 amide bonds. The standard InChI is InChI=1S/C10H8BrClO2/c1-2-7-9(13)8-5(11)3-4-6(12)10(8)14-7/h3-4,7H,2H2,1H3. The summed E-state index contributed by atoms with van der Waals surface area (Å²) < 4.78 is 6.22. The maximum absolute atomic E-state index is 11.8. The number of rotatable bonds is 1. The third-order valence-corrected chi connectivity index (χ3v) is 3.19. The number of benzene rings is 1. The van der Waals surface area contributed by atoms with Crippen LogP contribution in [0, 0.1) is 0 Å². The molecular weight excluding hydrogens is 267 g/mol. The molecule has 0 aromatic heterocycles. The molecule has 0 bridgehead atoms. The molecular formula is C10H8BrClO2. The highest BCUT2D eigenvalue weighted by atomic mass is 79.9. The van der Waals surface area contributed by atoms with E-state index in [9.17, 15) is 4.79 Å². The SMILES string of the molecule is CCC1Oc2c(Cl)ccc(Br)c2C1=O. The summed E-state index contributed by atoms with van der Waals surface area (Å²) in [6.45, 7) is 1.91. The van der Waals surface area contributed by atoms with Gasteiger partial charge in [-0.25, -0.2) is 0 Å². The first-order chi connectivity index (χ1) is 6.65. The topological polar surface area (TPSA) is 26.3 Å². The molecule has 1 aliphatic heterocycles. The van der Waals surface area contributed by atoms with Gasteiger partial charge in [0.1, 0.15) is 0 Å². The second kappa shape index (κ2) is 3.55. The molecule has 1 aliphatic rings. The predicted octanol–water partition coefficient (Wildman–Crippen LogP) is 3.46. The highest BCUT2D eigenvalue weighted by molar-refractivity contribution is 9.10. The van der Waals surface area contributed by atoms with Crippen LogP contribution >= 0.6 is 27.5 Å². The van der Waals surface area contributed by atoms with Gasteiger partial charge in [0.15, 0.2) is 11.9 Å². The Balaban J connectivity index is 2.58. The molecule has 1 heterocycles. The van der Waals surface area contributed by atoms with Crippen LogP contribution in [-0.4, -0.2) is 11.9 Å². The van der Waals surface area contributed by atoms with Gasteiger partial charge in [0.25, 0.3) is 0 Å². The smallest absolute Gasteiger partial charge is 0.208 e. The van der Waals surface area contributed by atoms with Gasteiger partial charge in [-0.2, -0.15) is 0 Å². The largest absolute Gasteiger partial charge is 0.480 e. The summed E-state index contributed by atoms with van der Waals surface area (Å²) in [7, 11) is 0. The summed E-state index contributed by atoms with van der Waals surface area (Å²) >= 11 is 9.25. The lowest BCUT2D eigenvalue weighted by Crippen LogP contribution is -2.18. The molecule has 14 heavy (non-hydrogen) atoms. The van der Waals surface area contributed by atoms with E-state index in [2.05, 4.69) is 15.9 Å². The average Bonchev–Trinajstić information content (AvgIpc) is 2.51. The predicted molar refractivity (Wildman–Crippen MR) is 58.2 cm³/mol. The van der Waals surface area contributed by atoms with Crippen LogP contribution in [0.25, 0.3) is 0 Å². The molecule has 0 fully saturated rings. The van der Waals surface area contributed by atoms with Crippen LogP contribution in [0.15, 0.2) is 16.6 Å². The third kappa shape index (κ3) is 1.35. The zero-order chi connectivity index (χ0) is 10.3. The molecule has 0 aliphatic carbocycles. The van der Waals surface area contributed by atoms with E-state index < -0.39 is 0 Å². The zero-order valence-electron chi connectivity index (χ0n) is 7.51. The second-order valence-corrected chi connectivity index (χ2v) is 4.37. The van der Waals surface area contributed by atoms with Gasteiger partial charge in [-0.3, -0.25) is 4.79 Å². The zero-order valence-corrected chi connectivity index (χ0v) is 9.85. The molecule has 2 rings (SSSR count). The van der Waals surface area contributed by atoms with Crippen LogP contribution < -0.4 is 4.74 Å². The fourth-order valence-corrected chi connectivity index (χ4v) is 2.21. The third-order valence-electron chi connectivity index (χ3n) is 2.23. The van der Waals surface area contributed by atoms with Gasteiger partial charge in [0.05, 0.1) is 10.6 Å². The number of carbonyl (C=O) groups is 1. The second-order valence-electron chi connectivity index (χ2n) is 3.11. The van der Waals surface area contributed by atoms with Crippen LogP contribution in [0.1, 0.15) is 23.7 Å². The molecule has 4 heteroatoms. The van der Waals surface area contributed by atoms with Crippen molar-refractivity contribution in [3.05, 3.63) is 27.2 Å². The van der Waals surface area contributed by atoms with Crippen LogP contribution in [0.4, 0.5) is 0 Å². The molecule has 74 valence electrons. The van der Waals surface area contributed by atoms with Crippen molar-refractivity contribution in [1.82, 2.24) is 0 Å². The van der Waals surface area contributed by atoms with Crippen LogP contribution in [0.5, 0.6) is 5.75 Å². The Morgan fingerprint density at radius 2 is 2.29 bits per heavy atom. The Kier molecular flexibility index (Phi) is 2.54. The highest BCUT2D eigenvalue weighted by Gasteiger charge is 2.34. The highest BCUT2D eigenvalue weighted by Crippen LogP contribution is 2.40. The molecule has 1 atom stereocenters. The maximum atomic E-state index is 11.8. The van der Waals surface area contributed by atoms with Crippen LogP contribution in [0.2, 0.25) is 5.02 Å². The molecule has 1 unspecified atom stereocenters. The molecule has 1 aromatic carbocycles. The minimum Gasteiger partial charge on any atom is -0.480 e. The van der Waals surface area contributed by atoms with E-state index in [1.165, 1.54) is 0 Å². The summed E-state index contributed by atoms with van der Waals surface area (Å²) in [4.78, 5) is 11.8. The van der Waals surface area contributed by atoms with Crippen molar-refractivity contribution >= 4 is 33.3 Å². The minimum absolute atomic E-state index is 0.0110. The Morgan fingerprint density at radius 3 is 2.86 bits per heavy atom. The molecule has 0 spiro atoms. The normalized spacial score (nSPS) is 19.4. The van der Waals surface area contributed by atoms with E-state index in [-0.39, 0.29) is 11.9 Å². The fraction of sp³-hybridized carbons (Fsp3) is 0.300. The summed E-state index contributed by atoms with van der Waals surface area (Å²) in [6, 6.07) is 3.48. The molecule has 0 radical (unpaired) electrons. The maximum Gasteiger partial charge on any atom is 0.208 e. The van der Waals surface area contributed by atoms with Gasteiger partial charge in [-0.1, -0.05) is 18.5 Å². The first-order valence-corrected chi connectivity index (χ1v) is 5.51. The van der Waals surface area contributed by atoms with Crippen molar-refractivity contribution in [1.29, 1.82) is 0 Å². The fourth-order valence-electron chi connectivity index (χ4n) is 1.50.